The molecule has 0 amide bonds. The molecule has 0 radical (unpaired) electrons. The first-order valence-electron chi connectivity index (χ1n) is 5.48. The van der Waals surface area contributed by atoms with Crippen LogP contribution in [0.2, 0.25) is 10.0 Å². The normalized spacial score (nSPS) is 23.9. The maximum absolute atomic E-state index is 11.0. The van der Waals surface area contributed by atoms with E-state index < -0.39 is 12.0 Å². The highest BCUT2D eigenvalue weighted by atomic mass is 35.5. The first kappa shape index (κ1) is 12.7. The second-order valence-electron chi connectivity index (χ2n) is 4.27. The molecule has 0 saturated carbocycles. The van der Waals surface area contributed by atoms with Crippen molar-refractivity contribution in [3.63, 3.8) is 0 Å². The largest absolute Gasteiger partial charge is 0.480 e. The Morgan fingerprint density at radius 2 is 2.18 bits per heavy atom. The Bertz CT molecular complexity index is 437. The Balaban J connectivity index is 2.09. The van der Waals surface area contributed by atoms with Gasteiger partial charge in [0.2, 0.25) is 0 Å². The van der Waals surface area contributed by atoms with Crippen molar-refractivity contribution in [1.82, 2.24) is 5.32 Å². The predicted molar refractivity (Wildman–Crippen MR) is 67.7 cm³/mol. The second kappa shape index (κ2) is 5.25. The zero-order valence-electron chi connectivity index (χ0n) is 9.12. The molecule has 2 rings (SSSR count). The van der Waals surface area contributed by atoms with Gasteiger partial charge in [-0.1, -0.05) is 29.3 Å². The summed E-state index contributed by atoms with van der Waals surface area (Å²) in [7, 11) is 0. The molecule has 1 aliphatic rings. The van der Waals surface area contributed by atoms with Crippen LogP contribution in [0.4, 0.5) is 0 Å². The number of carboxylic acids is 1. The lowest BCUT2D eigenvalue weighted by molar-refractivity contribution is -0.140. The van der Waals surface area contributed by atoms with Crippen LogP contribution in [0.25, 0.3) is 0 Å². The SMILES string of the molecule is O=C(O)[C@H]1NCCC1Cc1ccc(Cl)c(Cl)c1. The fraction of sp³-hybridized carbons (Fsp3) is 0.417. The van der Waals surface area contributed by atoms with Gasteiger partial charge in [-0.3, -0.25) is 4.79 Å². The Hall–Kier alpha value is -0.770. The molecule has 1 unspecified atom stereocenters. The van der Waals surface area contributed by atoms with E-state index in [0.29, 0.717) is 16.5 Å². The molecule has 2 N–H and O–H groups in total. The maximum Gasteiger partial charge on any atom is 0.320 e. The minimum absolute atomic E-state index is 0.116. The van der Waals surface area contributed by atoms with E-state index in [2.05, 4.69) is 5.32 Å². The molecule has 1 aliphatic heterocycles. The van der Waals surface area contributed by atoms with Gasteiger partial charge in [0.1, 0.15) is 6.04 Å². The molecule has 2 atom stereocenters. The zero-order chi connectivity index (χ0) is 12.4. The standard InChI is InChI=1S/C12H13Cl2NO2/c13-9-2-1-7(6-10(9)14)5-8-3-4-15-11(8)12(16)17/h1-2,6,8,11,15H,3-5H2,(H,16,17)/t8?,11-/m0/s1. The lowest BCUT2D eigenvalue weighted by Crippen LogP contribution is -2.36. The summed E-state index contributed by atoms with van der Waals surface area (Å²) < 4.78 is 0. The topological polar surface area (TPSA) is 49.3 Å². The van der Waals surface area contributed by atoms with E-state index in [0.717, 1.165) is 18.5 Å². The van der Waals surface area contributed by atoms with Crippen molar-refractivity contribution in [2.24, 2.45) is 5.92 Å². The van der Waals surface area contributed by atoms with E-state index in [1.807, 2.05) is 6.07 Å². The fourth-order valence-corrected chi connectivity index (χ4v) is 2.56. The van der Waals surface area contributed by atoms with Gasteiger partial charge in [0.25, 0.3) is 0 Å². The molecule has 17 heavy (non-hydrogen) atoms. The number of hydrogen-bond donors (Lipinski definition) is 2. The van der Waals surface area contributed by atoms with Crippen LogP contribution in [0.1, 0.15) is 12.0 Å². The van der Waals surface area contributed by atoms with Gasteiger partial charge >= 0.3 is 5.97 Å². The van der Waals surface area contributed by atoms with Gasteiger partial charge in [0.05, 0.1) is 10.0 Å². The van der Waals surface area contributed by atoms with E-state index in [1.54, 1.807) is 12.1 Å². The van der Waals surface area contributed by atoms with Gasteiger partial charge < -0.3 is 10.4 Å². The summed E-state index contributed by atoms with van der Waals surface area (Å²) in [5, 5.41) is 13.1. The summed E-state index contributed by atoms with van der Waals surface area (Å²) >= 11 is 11.8. The molecule has 0 aliphatic carbocycles. The molecule has 1 fully saturated rings. The minimum Gasteiger partial charge on any atom is -0.480 e. The number of carboxylic acid groups (broad SMARTS) is 1. The molecule has 0 bridgehead atoms. The van der Waals surface area contributed by atoms with Gasteiger partial charge in [0, 0.05) is 0 Å². The van der Waals surface area contributed by atoms with E-state index in [1.165, 1.54) is 0 Å². The van der Waals surface area contributed by atoms with Gasteiger partial charge in [-0.15, -0.1) is 0 Å². The van der Waals surface area contributed by atoms with Gasteiger partial charge in [-0.2, -0.15) is 0 Å². The summed E-state index contributed by atoms with van der Waals surface area (Å²) in [6, 6.07) is 4.99. The Kier molecular flexibility index (Phi) is 3.92. The van der Waals surface area contributed by atoms with Crippen molar-refractivity contribution in [3.8, 4) is 0 Å². The second-order valence-corrected chi connectivity index (χ2v) is 5.09. The smallest absolute Gasteiger partial charge is 0.320 e. The third-order valence-corrected chi connectivity index (χ3v) is 3.84. The Morgan fingerprint density at radius 3 is 2.82 bits per heavy atom. The Morgan fingerprint density at radius 1 is 1.41 bits per heavy atom. The fourth-order valence-electron chi connectivity index (χ4n) is 2.24. The summed E-state index contributed by atoms with van der Waals surface area (Å²) in [5.41, 5.74) is 1.03. The van der Waals surface area contributed by atoms with Crippen molar-refractivity contribution >= 4 is 29.2 Å². The quantitative estimate of drug-likeness (QED) is 0.890. The van der Waals surface area contributed by atoms with Crippen molar-refractivity contribution in [2.45, 2.75) is 18.9 Å². The molecular weight excluding hydrogens is 261 g/mol. The first-order valence-corrected chi connectivity index (χ1v) is 6.23. The highest BCUT2D eigenvalue weighted by Crippen LogP contribution is 2.26. The molecule has 1 aromatic carbocycles. The van der Waals surface area contributed by atoms with E-state index >= 15 is 0 Å². The molecule has 1 aromatic rings. The Labute approximate surface area is 110 Å². The molecule has 1 saturated heterocycles. The molecule has 92 valence electrons. The number of nitrogens with one attached hydrogen (secondary N) is 1. The average Bonchev–Trinajstić information content (AvgIpc) is 2.72. The highest BCUT2D eigenvalue weighted by Gasteiger charge is 2.32. The number of hydrogen-bond acceptors (Lipinski definition) is 2. The number of aliphatic carboxylic acids is 1. The van der Waals surface area contributed by atoms with Crippen LogP contribution in [-0.4, -0.2) is 23.7 Å². The van der Waals surface area contributed by atoms with E-state index in [4.69, 9.17) is 28.3 Å². The van der Waals surface area contributed by atoms with Crippen LogP contribution >= 0.6 is 23.2 Å². The summed E-state index contributed by atoms with van der Waals surface area (Å²) in [5.74, 6) is -0.669. The third kappa shape index (κ3) is 2.92. The zero-order valence-corrected chi connectivity index (χ0v) is 10.6. The lowest BCUT2D eigenvalue weighted by Gasteiger charge is -2.15. The summed E-state index contributed by atoms with van der Waals surface area (Å²) in [4.78, 5) is 11.0. The highest BCUT2D eigenvalue weighted by molar-refractivity contribution is 6.42. The molecular formula is C12H13Cl2NO2. The molecule has 0 aromatic heterocycles. The molecule has 5 heteroatoms. The van der Waals surface area contributed by atoms with Crippen LogP contribution in [-0.2, 0) is 11.2 Å². The molecule has 3 nitrogen and oxygen atoms in total. The van der Waals surface area contributed by atoms with Gasteiger partial charge in [0.15, 0.2) is 0 Å². The average molecular weight is 274 g/mol. The summed E-state index contributed by atoms with van der Waals surface area (Å²) in [6.07, 6.45) is 1.58. The van der Waals surface area contributed by atoms with Crippen molar-refractivity contribution in [2.75, 3.05) is 6.54 Å². The van der Waals surface area contributed by atoms with Crippen molar-refractivity contribution in [1.29, 1.82) is 0 Å². The predicted octanol–water partition coefficient (Wildman–Crippen LogP) is 2.60. The molecule has 0 spiro atoms. The van der Waals surface area contributed by atoms with Crippen LogP contribution in [0.3, 0.4) is 0 Å². The van der Waals surface area contributed by atoms with E-state index in [-0.39, 0.29) is 5.92 Å². The monoisotopic (exact) mass is 273 g/mol. The van der Waals surface area contributed by atoms with Crippen LogP contribution < -0.4 is 5.32 Å². The number of halogens is 2. The first-order chi connectivity index (χ1) is 8.08. The van der Waals surface area contributed by atoms with Crippen LogP contribution in [0.15, 0.2) is 18.2 Å². The number of carbonyl (C=O) groups is 1. The summed E-state index contributed by atoms with van der Waals surface area (Å²) in [6.45, 7) is 0.753. The third-order valence-electron chi connectivity index (χ3n) is 3.10. The lowest BCUT2D eigenvalue weighted by atomic mass is 9.93. The molecule has 1 heterocycles. The number of benzene rings is 1. The number of rotatable bonds is 3. The maximum atomic E-state index is 11.0. The van der Waals surface area contributed by atoms with Crippen LogP contribution in [0, 0.1) is 5.92 Å². The minimum atomic E-state index is -0.785. The van der Waals surface area contributed by atoms with E-state index in [9.17, 15) is 4.79 Å². The van der Waals surface area contributed by atoms with Crippen molar-refractivity contribution in [3.05, 3.63) is 33.8 Å². The van der Waals surface area contributed by atoms with Crippen LogP contribution in [0.5, 0.6) is 0 Å². The van der Waals surface area contributed by atoms with Gasteiger partial charge in [-0.05, 0) is 43.0 Å². The van der Waals surface area contributed by atoms with Crippen molar-refractivity contribution < 1.29 is 9.90 Å². The van der Waals surface area contributed by atoms with Gasteiger partial charge in [-0.25, -0.2) is 0 Å².